The third kappa shape index (κ3) is 3.14. The molecule has 0 spiro atoms. The molecule has 26 heavy (non-hydrogen) atoms. The van der Waals surface area contributed by atoms with Crippen molar-refractivity contribution in [3.05, 3.63) is 42.1 Å². The van der Waals surface area contributed by atoms with Gasteiger partial charge in [0.15, 0.2) is 6.19 Å². The highest BCUT2D eigenvalue weighted by atomic mass is 32.2. The van der Waals surface area contributed by atoms with Crippen molar-refractivity contribution in [3.63, 3.8) is 0 Å². The molecule has 1 saturated heterocycles. The largest absolute Gasteiger partial charge is 0.485 e. The topological polar surface area (TPSA) is 49.1 Å². The number of likely N-dealkylation sites (tertiary alicyclic amines) is 1. The van der Waals surface area contributed by atoms with Gasteiger partial charge in [0.05, 0.1) is 11.9 Å². The molecule has 1 unspecified atom stereocenters. The van der Waals surface area contributed by atoms with Crippen molar-refractivity contribution in [1.82, 2.24) is 9.88 Å². The third-order valence-electron chi connectivity index (χ3n) is 5.72. The fourth-order valence-electron chi connectivity index (χ4n) is 4.12. The van der Waals surface area contributed by atoms with Gasteiger partial charge in [0, 0.05) is 41.5 Å². The number of hydrogen-bond donors (Lipinski definition) is 0. The van der Waals surface area contributed by atoms with E-state index in [0.717, 1.165) is 49.4 Å². The van der Waals surface area contributed by atoms with Crippen molar-refractivity contribution < 1.29 is 4.74 Å². The Morgan fingerprint density at radius 1 is 1.27 bits per heavy atom. The van der Waals surface area contributed by atoms with Gasteiger partial charge in [-0.05, 0) is 44.2 Å². The van der Waals surface area contributed by atoms with E-state index >= 15 is 0 Å². The molecule has 4 nitrogen and oxygen atoms in total. The monoisotopic (exact) mass is 365 g/mol. The maximum Gasteiger partial charge on any atom is 0.179 e. The number of pyridine rings is 1. The van der Waals surface area contributed by atoms with Crippen molar-refractivity contribution in [2.24, 2.45) is 5.92 Å². The fraction of sp³-hybridized carbons (Fsp3) is 0.429. The van der Waals surface area contributed by atoms with Crippen LogP contribution in [0.4, 0.5) is 0 Å². The summed E-state index contributed by atoms with van der Waals surface area (Å²) in [5, 5.41) is 9.06. The lowest BCUT2D eigenvalue weighted by Crippen LogP contribution is -2.45. The summed E-state index contributed by atoms with van der Waals surface area (Å²) in [5.41, 5.74) is 3.20. The predicted octanol–water partition coefficient (Wildman–Crippen LogP) is 4.36. The van der Waals surface area contributed by atoms with Gasteiger partial charge in [-0.2, -0.15) is 5.26 Å². The molecule has 2 aliphatic rings. The summed E-state index contributed by atoms with van der Waals surface area (Å²) in [4.78, 5) is 7.73. The van der Waals surface area contributed by atoms with Crippen LogP contribution < -0.4 is 4.74 Å². The normalized spacial score (nSPS) is 22.6. The average molecular weight is 366 g/mol. The Balaban J connectivity index is 1.53. The molecule has 0 N–H and O–H groups in total. The molecule has 0 bridgehead atoms. The molecule has 2 aliphatic heterocycles. The highest BCUT2D eigenvalue weighted by molar-refractivity contribution is 7.98. The Morgan fingerprint density at radius 3 is 2.65 bits per heavy atom. The van der Waals surface area contributed by atoms with Gasteiger partial charge in [-0.1, -0.05) is 12.1 Å². The van der Waals surface area contributed by atoms with Gasteiger partial charge in [-0.25, -0.2) is 0 Å². The number of thioether (sulfide) groups is 1. The molecule has 1 fully saturated rings. The van der Waals surface area contributed by atoms with Gasteiger partial charge in [-0.15, -0.1) is 11.8 Å². The lowest BCUT2D eigenvalue weighted by molar-refractivity contribution is 0.0194. The highest BCUT2D eigenvalue weighted by Crippen LogP contribution is 2.43. The highest BCUT2D eigenvalue weighted by Gasteiger charge is 2.43. The number of aromatic nitrogens is 1. The summed E-state index contributed by atoms with van der Waals surface area (Å²) >= 11 is 1.75. The van der Waals surface area contributed by atoms with Crippen LogP contribution in [-0.4, -0.2) is 34.8 Å². The summed E-state index contributed by atoms with van der Waals surface area (Å²) in [7, 11) is 0. The second-order valence-corrected chi connectivity index (χ2v) is 8.24. The quantitative estimate of drug-likeness (QED) is 0.597. The SMILES string of the molecule is CSc1ccc(-c2cc3c(cn2)OC(C)(C2CCN(C#N)CC2)C3)cc1. The van der Waals surface area contributed by atoms with Gasteiger partial charge < -0.3 is 9.64 Å². The summed E-state index contributed by atoms with van der Waals surface area (Å²) in [6.07, 6.45) is 9.15. The molecule has 3 heterocycles. The van der Waals surface area contributed by atoms with Gasteiger partial charge in [0.2, 0.25) is 0 Å². The van der Waals surface area contributed by atoms with Crippen LogP contribution in [0.2, 0.25) is 0 Å². The van der Waals surface area contributed by atoms with Crippen LogP contribution in [0.5, 0.6) is 5.75 Å². The number of fused-ring (bicyclic) bond motifs is 1. The number of rotatable bonds is 3. The first-order valence-corrected chi connectivity index (χ1v) is 10.3. The molecule has 1 aromatic heterocycles. The molecule has 4 rings (SSSR count). The van der Waals surface area contributed by atoms with Gasteiger partial charge in [-0.3, -0.25) is 4.98 Å². The van der Waals surface area contributed by atoms with Crippen LogP contribution in [0.3, 0.4) is 0 Å². The molecule has 0 radical (unpaired) electrons. The Kier molecular flexibility index (Phi) is 4.54. The van der Waals surface area contributed by atoms with Crippen molar-refractivity contribution >= 4 is 11.8 Å². The minimum atomic E-state index is -0.188. The van der Waals surface area contributed by atoms with Crippen LogP contribution in [0.25, 0.3) is 11.3 Å². The maximum absolute atomic E-state index is 9.06. The number of nitrogens with zero attached hydrogens (tertiary/aromatic N) is 3. The minimum Gasteiger partial charge on any atom is -0.485 e. The molecule has 2 aromatic rings. The van der Waals surface area contributed by atoms with Crippen molar-refractivity contribution in [3.8, 4) is 23.2 Å². The van der Waals surface area contributed by atoms with E-state index in [9.17, 15) is 0 Å². The van der Waals surface area contributed by atoms with E-state index in [4.69, 9.17) is 10.00 Å². The Bertz CT molecular complexity index is 837. The molecule has 134 valence electrons. The van der Waals surface area contributed by atoms with E-state index in [-0.39, 0.29) is 5.60 Å². The zero-order chi connectivity index (χ0) is 18.1. The number of nitriles is 1. The third-order valence-corrected chi connectivity index (χ3v) is 6.46. The summed E-state index contributed by atoms with van der Waals surface area (Å²) < 4.78 is 6.36. The standard InChI is InChI=1S/C21H23N3OS/c1-21(17-7-9-24(14-22)10-8-17)12-16-11-19(23-13-20(16)25-21)15-3-5-18(26-2)6-4-15/h3-6,11,13,17H,7-10,12H2,1-2H3. The van der Waals surface area contributed by atoms with Crippen LogP contribution in [-0.2, 0) is 6.42 Å². The molecular formula is C21H23N3OS. The Morgan fingerprint density at radius 2 is 2.00 bits per heavy atom. The molecule has 0 amide bonds. The molecule has 1 aromatic carbocycles. The predicted molar refractivity (Wildman–Crippen MR) is 104 cm³/mol. The number of ether oxygens (including phenoxy) is 1. The van der Waals surface area contributed by atoms with Crippen LogP contribution >= 0.6 is 11.8 Å². The van der Waals surface area contributed by atoms with Crippen LogP contribution in [0, 0.1) is 17.4 Å². The van der Waals surface area contributed by atoms with Gasteiger partial charge in [0.1, 0.15) is 11.4 Å². The van der Waals surface area contributed by atoms with E-state index < -0.39 is 0 Å². The van der Waals surface area contributed by atoms with Gasteiger partial charge >= 0.3 is 0 Å². The summed E-state index contributed by atoms with van der Waals surface area (Å²) in [5.74, 6) is 1.39. The summed E-state index contributed by atoms with van der Waals surface area (Å²) in [6.45, 7) is 3.89. The second kappa shape index (κ2) is 6.85. The van der Waals surface area contributed by atoms with Crippen LogP contribution in [0.1, 0.15) is 25.3 Å². The number of piperidine rings is 1. The molecule has 1 atom stereocenters. The van der Waals surface area contributed by atoms with E-state index in [1.54, 1.807) is 11.8 Å². The molecule has 0 aliphatic carbocycles. The van der Waals surface area contributed by atoms with E-state index in [2.05, 4.69) is 54.7 Å². The van der Waals surface area contributed by atoms with E-state index in [0.29, 0.717) is 5.92 Å². The smallest absolute Gasteiger partial charge is 0.179 e. The first-order chi connectivity index (χ1) is 12.6. The Hall–Kier alpha value is -2.19. The zero-order valence-electron chi connectivity index (χ0n) is 15.2. The van der Waals surface area contributed by atoms with Crippen molar-refractivity contribution in [2.75, 3.05) is 19.3 Å². The van der Waals surface area contributed by atoms with Gasteiger partial charge in [0.25, 0.3) is 0 Å². The molecular weight excluding hydrogens is 342 g/mol. The van der Waals surface area contributed by atoms with Crippen molar-refractivity contribution in [1.29, 1.82) is 5.26 Å². The maximum atomic E-state index is 9.06. The average Bonchev–Trinajstić information content (AvgIpc) is 3.04. The van der Waals surface area contributed by atoms with E-state index in [1.807, 2.05) is 11.1 Å². The lowest BCUT2D eigenvalue weighted by atomic mass is 9.79. The molecule has 5 heteroatoms. The van der Waals surface area contributed by atoms with Crippen LogP contribution in [0.15, 0.2) is 41.4 Å². The first-order valence-electron chi connectivity index (χ1n) is 9.08. The zero-order valence-corrected chi connectivity index (χ0v) is 16.1. The minimum absolute atomic E-state index is 0.188. The fourth-order valence-corrected chi connectivity index (χ4v) is 4.53. The first kappa shape index (κ1) is 17.2. The second-order valence-electron chi connectivity index (χ2n) is 7.36. The van der Waals surface area contributed by atoms with Crippen molar-refractivity contribution in [2.45, 2.75) is 36.7 Å². The number of hydrogen-bond acceptors (Lipinski definition) is 5. The number of benzene rings is 1. The lowest BCUT2D eigenvalue weighted by Gasteiger charge is -2.38. The van der Waals surface area contributed by atoms with E-state index in [1.165, 1.54) is 10.5 Å². The Labute approximate surface area is 159 Å². The molecule has 0 saturated carbocycles. The summed E-state index contributed by atoms with van der Waals surface area (Å²) in [6, 6.07) is 10.7.